The fourth-order valence-electron chi connectivity index (χ4n) is 5.37. The third-order valence-corrected chi connectivity index (χ3v) is 7.19. The number of piperidine rings is 1. The van der Waals surface area contributed by atoms with Gasteiger partial charge in [-0.05, 0) is 68.9 Å². The molecular formula is C21H37N5. The van der Waals surface area contributed by atoms with Crippen molar-refractivity contribution in [1.29, 1.82) is 0 Å². The molecule has 1 aliphatic carbocycles. The number of aromatic nitrogens is 3. The summed E-state index contributed by atoms with van der Waals surface area (Å²) in [6.07, 6.45) is 8.25. The van der Waals surface area contributed by atoms with Crippen LogP contribution in [0.25, 0.3) is 0 Å². The first-order valence-electron chi connectivity index (χ1n) is 10.9. The first-order valence-corrected chi connectivity index (χ1v) is 10.9. The van der Waals surface area contributed by atoms with Crippen molar-refractivity contribution >= 4 is 0 Å². The van der Waals surface area contributed by atoms with Crippen LogP contribution in [-0.2, 0) is 13.1 Å². The highest BCUT2D eigenvalue weighted by atomic mass is 15.3. The normalized spacial score (nSPS) is 28.9. The quantitative estimate of drug-likeness (QED) is 0.898. The van der Waals surface area contributed by atoms with Gasteiger partial charge < -0.3 is 14.8 Å². The van der Waals surface area contributed by atoms with Crippen LogP contribution >= 0.6 is 0 Å². The first-order chi connectivity index (χ1) is 12.5. The average molecular weight is 360 g/mol. The summed E-state index contributed by atoms with van der Waals surface area (Å²) >= 11 is 0. The van der Waals surface area contributed by atoms with Crippen LogP contribution in [0.1, 0.15) is 76.9 Å². The van der Waals surface area contributed by atoms with Crippen LogP contribution in [0, 0.1) is 17.3 Å². The molecule has 3 heterocycles. The van der Waals surface area contributed by atoms with E-state index in [1.807, 2.05) is 0 Å². The number of nitrogens with one attached hydrogen (secondary N) is 1. The lowest BCUT2D eigenvalue weighted by molar-refractivity contribution is 0.112. The Morgan fingerprint density at radius 3 is 2.38 bits per heavy atom. The van der Waals surface area contributed by atoms with Gasteiger partial charge in [0, 0.05) is 25.6 Å². The van der Waals surface area contributed by atoms with E-state index in [2.05, 4.69) is 45.8 Å². The lowest BCUT2D eigenvalue weighted by Gasteiger charge is -2.39. The molecule has 5 nitrogen and oxygen atoms in total. The molecule has 0 spiro atoms. The van der Waals surface area contributed by atoms with Crippen LogP contribution in [0.4, 0.5) is 0 Å². The zero-order valence-electron chi connectivity index (χ0n) is 17.0. The Kier molecular flexibility index (Phi) is 5.38. The standard InChI is InChI=1S/C21H37N5/c1-21(2,3)18-6-4-16(5-7-18)15-25-11-8-17(9-12-25)20-24-23-19-14-22-10-13-26(19)20/h16-18,22H,4-15H2,1-3H3. The van der Waals surface area contributed by atoms with Crippen LogP contribution < -0.4 is 5.32 Å². The van der Waals surface area contributed by atoms with Gasteiger partial charge in [-0.2, -0.15) is 0 Å². The highest BCUT2D eigenvalue weighted by molar-refractivity contribution is 5.05. The molecule has 2 aliphatic heterocycles. The van der Waals surface area contributed by atoms with Crippen LogP contribution in [0.15, 0.2) is 0 Å². The molecule has 1 aromatic heterocycles. The fraction of sp³-hybridized carbons (Fsp3) is 0.905. The van der Waals surface area contributed by atoms with E-state index < -0.39 is 0 Å². The molecule has 5 heteroatoms. The number of nitrogens with zero attached hydrogens (tertiary/aromatic N) is 4. The maximum Gasteiger partial charge on any atom is 0.147 e. The molecule has 0 aromatic carbocycles. The molecule has 1 aromatic rings. The van der Waals surface area contributed by atoms with E-state index in [0.717, 1.165) is 37.3 Å². The minimum atomic E-state index is 0.496. The van der Waals surface area contributed by atoms with Crippen molar-refractivity contribution in [2.75, 3.05) is 26.2 Å². The van der Waals surface area contributed by atoms with Gasteiger partial charge in [-0.15, -0.1) is 10.2 Å². The Hall–Kier alpha value is -0.940. The summed E-state index contributed by atoms with van der Waals surface area (Å²) in [5.74, 6) is 4.86. The number of rotatable bonds is 3. The van der Waals surface area contributed by atoms with E-state index in [-0.39, 0.29) is 0 Å². The van der Waals surface area contributed by atoms with Gasteiger partial charge in [0.25, 0.3) is 0 Å². The summed E-state index contributed by atoms with van der Waals surface area (Å²) in [7, 11) is 0. The van der Waals surface area contributed by atoms with Crippen molar-refractivity contribution in [2.24, 2.45) is 17.3 Å². The molecule has 0 unspecified atom stereocenters. The number of hydrogen-bond donors (Lipinski definition) is 1. The molecule has 26 heavy (non-hydrogen) atoms. The molecular weight excluding hydrogens is 322 g/mol. The van der Waals surface area contributed by atoms with E-state index >= 15 is 0 Å². The maximum atomic E-state index is 4.55. The Bertz CT molecular complexity index is 586. The van der Waals surface area contributed by atoms with E-state index in [4.69, 9.17) is 0 Å². The van der Waals surface area contributed by atoms with Gasteiger partial charge in [0.1, 0.15) is 11.6 Å². The Morgan fingerprint density at radius 1 is 0.962 bits per heavy atom. The molecule has 0 radical (unpaired) electrons. The minimum Gasteiger partial charge on any atom is -0.312 e. The predicted molar refractivity (Wildman–Crippen MR) is 105 cm³/mol. The molecule has 0 atom stereocenters. The zero-order valence-corrected chi connectivity index (χ0v) is 17.0. The fourth-order valence-corrected chi connectivity index (χ4v) is 5.37. The van der Waals surface area contributed by atoms with Crippen molar-refractivity contribution in [3.8, 4) is 0 Å². The minimum absolute atomic E-state index is 0.496. The monoisotopic (exact) mass is 359 g/mol. The van der Waals surface area contributed by atoms with Gasteiger partial charge >= 0.3 is 0 Å². The van der Waals surface area contributed by atoms with Crippen molar-refractivity contribution in [2.45, 2.75) is 78.3 Å². The number of hydrogen-bond acceptors (Lipinski definition) is 4. The third kappa shape index (κ3) is 3.99. The molecule has 0 bridgehead atoms. The predicted octanol–water partition coefficient (Wildman–Crippen LogP) is 3.41. The lowest BCUT2D eigenvalue weighted by atomic mass is 9.70. The van der Waals surface area contributed by atoms with Gasteiger partial charge in [0.05, 0.1) is 6.54 Å². The van der Waals surface area contributed by atoms with Crippen LogP contribution in [0.2, 0.25) is 0 Å². The molecule has 1 saturated carbocycles. The largest absolute Gasteiger partial charge is 0.312 e. The zero-order chi connectivity index (χ0) is 18.1. The number of fused-ring (bicyclic) bond motifs is 1. The van der Waals surface area contributed by atoms with Gasteiger partial charge in [0.15, 0.2) is 0 Å². The van der Waals surface area contributed by atoms with Crippen molar-refractivity contribution in [3.05, 3.63) is 11.6 Å². The van der Waals surface area contributed by atoms with Crippen molar-refractivity contribution in [3.63, 3.8) is 0 Å². The first kappa shape index (κ1) is 18.4. The molecule has 4 rings (SSSR count). The smallest absolute Gasteiger partial charge is 0.147 e. The lowest BCUT2D eigenvalue weighted by Crippen LogP contribution is -2.39. The van der Waals surface area contributed by atoms with Crippen LogP contribution in [0.5, 0.6) is 0 Å². The second-order valence-corrected chi connectivity index (χ2v) is 9.96. The van der Waals surface area contributed by atoms with E-state index in [1.54, 1.807) is 0 Å². The molecule has 0 amide bonds. The van der Waals surface area contributed by atoms with E-state index in [0.29, 0.717) is 11.3 Å². The van der Waals surface area contributed by atoms with Gasteiger partial charge in [-0.25, -0.2) is 0 Å². The topological polar surface area (TPSA) is 46.0 Å². The van der Waals surface area contributed by atoms with Crippen LogP contribution in [0.3, 0.4) is 0 Å². The van der Waals surface area contributed by atoms with Crippen molar-refractivity contribution < 1.29 is 0 Å². The van der Waals surface area contributed by atoms with Gasteiger partial charge in [-0.3, -0.25) is 0 Å². The summed E-state index contributed by atoms with van der Waals surface area (Å²) in [6.45, 7) is 14.0. The highest BCUT2D eigenvalue weighted by Gasteiger charge is 2.32. The summed E-state index contributed by atoms with van der Waals surface area (Å²) in [5.41, 5.74) is 0.496. The third-order valence-electron chi connectivity index (χ3n) is 7.19. The van der Waals surface area contributed by atoms with Gasteiger partial charge in [0.2, 0.25) is 0 Å². The van der Waals surface area contributed by atoms with E-state index in [1.165, 1.54) is 64.0 Å². The van der Waals surface area contributed by atoms with Crippen LogP contribution in [-0.4, -0.2) is 45.8 Å². The maximum absolute atomic E-state index is 4.55. The average Bonchev–Trinajstić information content (AvgIpc) is 3.06. The summed E-state index contributed by atoms with van der Waals surface area (Å²) in [5, 5.41) is 12.3. The molecule has 2 fully saturated rings. The Balaban J connectivity index is 1.25. The molecule has 146 valence electrons. The molecule has 3 aliphatic rings. The number of likely N-dealkylation sites (tertiary alicyclic amines) is 1. The second kappa shape index (κ2) is 7.59. The Morgan fingerprint density at radius 2 is 1.69 bits per heavy atom. The second-order valence-electron chi connectivity index (χ2n) is 9.96. The van der Waals surface area contributed by atoms with Crippen molar-refractivity contribution in [1.82, 2.24) is 25.0 Å². The summed E-state index contributed by atoms with van der Waals surface area (Å²) in [4.78, 5) is 2.73. The SMILES string of the molecule is CC(C)(C)C1CCC(CN2CCC(c3nnc4n3CCNC4)CC2)CC1. The summed E-state index contributed by atoms with van der Waals surface area (Å²) < 4.78 is 2.38. The highest BCUT2D eigenvalue weighted by Crippen LogP contribution is 2.40. The summed E-state index contributed by atoms with van der Waals surface area (Å²) in [6, 6.07) is 0. The van der Waals surface area contributed by atoms with Gasteiger partial charge in [-0.1, -0.05) is 20.8 Å². The molecule has 1 saturated heterocycles. The van der Waals surface area contributed by atoms with E-state index in [9.17, 15) is 0 Å². The Labute approximate surface area is 158 Å². The molecule has 1 N–H and O–H groups in total.